The van der Waals surface area contributed by atoms with Crippen LogP contribution in [0, 0.1) is 0 Å². The van der Waals surface area contributed by atoms with Gasteiger partial charge in [0.2, 0.25) is 11.8 Å². The van der Waals surface area contributed by atoms with Crippen LogP contribution in [0.3, 0.4) is 0 Å². The van der Waals surface area contributed by atoms with Crippen LogP contribution in [0.1, 0.15) is 18.4 Å². The molecule has 30 heavy (non-hydrogen) atoms. The summed E-state index contributed by atoms with van der Waals surface area (Å²) >= 11 is 1.02. The normalized spacial score (nSPS) is 13.2. The Labute approximate surface area is 176 Å². The summed E-state index contributed by atoms with van der Waals surface area (Å²) in [5, 5.41) is 36.7. The molecule has 1 rings (SSSR count). The van der Waals surface area contributed by atoms with E-state index in [-0.39, 0.29) is 18.6 Å². The fraction of sp³-hybridized carbons (Fsp3) is 0.389. The van der Waals surface area contributed by atoms with Crippen LogP contribution in [0.25, 0.3) is 0 Å². The molecular formula is C18H24N4O7S. The van der Waals surface area contributed by atoms with E-state index in [4.69, 9.17) is 5.11 Å². The van der Waals surface area contributed by atoms with Gasteiger partial charge in [0.1, 0.15) is 23.7 Å². The Balaban J connectivity index is 2.71. The number of amides is 2. The molecule has 0 saturated heterocycles. The summed E-state index contributed by atoms with van der Waals surface area (Å²) in [7, 11) is 0. The molecule has 164 valence electrons. The number of thioether (sulfide) groups is 1. The van der Waals surface area contributed by atoms with Gasteiger partial charge in [-0.15, -0.1) is 11.8 Å². The van der Waals surface area contributed by atoms with E-state index in [1.54, 1.807) is 0 Å². The van der Waals surface area contributed by atoms with Crippen LogP contribution in [0.2, 0.25) is 0 Å². The van der Waals surface area contributed by atoms with Gasteiger partial charge in [-0.3, -0.25) is 14.4 Å². The maximum absolute atomic E-state index is 12.3. The van der Waals surface area contributed by atoms with Gasteiger partial charge in [0.05, 0.1) is 5.97 Å². The Morgan fingerprint density at radius 3 is 2.43 bits per heavy atom. The topological polar surface area (TPSA) is 196 Å². The van der Waals surface area contributed by atoms with E-state index in [2.05, 4.69) is 21.5 Å². The van der Waals surface area contributed by atoms with Crippen molar-refractivity contribution in [3.8, 4) is 0 Å². The smallest absolute Gasteiger partial charge is 0.322 e. The number of oxime groups is 1. The second kappa shape index (κ2) is 13.2. The van der Waals surface area contributed by atoms with Crippen LogP contribution in [0.4, 0.5) is 0 Å². The molecule has 0 aliphatic heterocycles. The van der Waals surface area contributed by atoms with E-state index >= 15 is 0 Å². The monoisotopic (exact) mass is 440 g/mol. The molecule has 0 spiro atoms. The minimum absolute atomic E-state index is 0.0301. The average Bonchev–Trinajstić information content (AvgIpc) is 2.72. The van der Waals surface area contributed by atoms with Crippen molar-refractivity contribution >= 4 is 40.6 Å². The van der Waals surface area contributed by atoms with Crippen molar-refractivity contribution in [2.45, 2.75) is 31.3 Å². The van der Waals surface area contributed by atoms with Crippen LogP contribution in [-0.2, 0) is 25.6 Å². The van der Waals surface area contributed by atoms with Crippen LogP contribution in [0.5, 0.6) is 0 Å². The molecule has 1 aromatic carbocycles. The van der Waals surface area contributed by atoms with Crippen molar-refractivity contribution in [3.63, 3.8) is 0 Å². The molecular weight excluding hydrogens is 416 g/mol. The van der Waals surface area contributed by atoms with Crippen LogP contribution < -0.4 is 21.5 Å². The maximum Gasteiger partial charge on any atom is 0.322 e. The maximum atomic E-state index is 12.3. The minimum Gasteiger partial charge on any atom is -0.544 e. The van der Waals surface area contributed by atoms with Gasteiger partial charge < -0.3 is 36.6 Å². The van der Waals surface area contributed by atoms with Gasteiger partial charge in [-0.25, -0.2) is 0 Å². The predicted octanol–water partition coefficient (Wildman–Crippen LogP) is -2.42. The highest BCUT2D eigenvalue weighted by Gasteiger charge is 2.23. The molecule has 0 fully saturated rings. The van der Waals surface area contributed by atoms with E-state index in [9.17, 15) is 29.5 Å². The number of benzene rings is 1. The first kappa shape index (κ1) is 24.9. The highest BCUT2D eigenvalue weighted by Crippen LogP contribution is 2.13. The molecule has 0 radical (unpaired) electrons. The minimum atomic E-state index is -1.39. The van der Waals surface area contributed by atoms with Gasteiger partial charge in [0.15, 0.2) is 0 Å². The first-order valence-electron chi connectivity index (χ1n) is 8.93. The summed E-state index contributed by atoms with van der Waals surface area (Å²) < 4.78 is 0. The van der Waals surface area contributed by atoms with E-state index in [0.29, 0.717) is 11.5 Å². The van der Waals surface area contributed by atoms with Crippen LogP contribution >= 0.6 is 11.8 Å². The molecule has 0 aliphatic carbocycles. The number of nitrogens with zero attached hydrogens (tertiary/aromatic N) is 1. The zero-order chi connectivity index (χ0) is 22.5. The molecule has 7 N–H and O–H groups in total. The van der Waals surface area contributed by atoms with Crippen molar-refractivity contribution in [1.82, 2.24) is 10.6 Å². The highest BCUT2D eigenvalue weighted by atomic mass is 32.2. The zero-order valence-corrected chi connectivity index (χ0v) is 16.9. The summed E-state index contributed by atoms with van der Waals surface area (Å²) in [4.78, 5) is 45.7. The molecule has 0 bridgehead atoms. The number of nitrogens with one attached hydrogen (secondary N) is 2. The van der Waals surface area contributed by atoms with Crippen LogP contribution in [-0.4, -0.2) is 63.5 Å². The summed E-state index contributed by atoms with van der Waals surface area (Å²) in [6.45, 7) is -0.632. The lowest BCUT2D eigenvalue weighted by molar-refractivity contribution is -0.438. The first-order chi connectivity index (χ1) is 14.2. The van der Waals surface area contributed by atoms with Gasteiger partial charge in [-0.1, -0.05) is 35.5 Å². The SMILES string of the molecule is [NH3+]C(CCC(=O)NC(CSC(Cc1ccccc1)=NO)C(=O)NCC(=O)O)C(=O)[O-]. The second-order valence-electron chi connectivity index (χ2n) is 6.25. The van der Waals surface area contributed by atoms with E-state index < -0.39 is 42.4 Å². The lowest BCUT2D eigenvalue weighted by Gasteiger charge is -2.18. The van der Waals surface area contributed by atoms with Gasteiger partial charge in [-0.2, -0.15) is 0 Å². The number of carboxylic acids is 2. The molecule has 11 nitrogen and oxygen atoms in total. The molecule has 0 heterocycles. The first-order valence-corrected chi connectivity index (χ1v) is 9.92. The summed E-state index contributed by atoms with van der Waals surface area (Å²) in [6, 6.07) is 6.93. The third-order valence-electron chi connectivity index (χ3n) is 3.85. The zero-order valence-electron chi connectivity index (χ0n) is 16.1. The molecule has 1 aromatic rings. The lowest BCUT2D eigenvalue weighted by Crippen LogP contribution is -2.68. The predicted molar refractivity (Wildman–Crippen MR) is 105 cm³/mol. The fourth-order valence-electron chi connectivity index (χ4n) is 2.22. The van der Waals surface area contributed by atoms with Crippen molar-refractivity contribution < 1.29 is 40.3 Å². The van der Waals surface area contributed by atoms with Crippen molar-refractivity contribution in [2.24, 2.45) is 5.16 Å². The Morgan fingerprint density at radius 2 is 1.87 bits per heavy atom. The number of quaternary nitrogens is 1. The van der Waals surface area contributed by atoms with Crippen molar-refractivity contribution in [3.05, 3.63) is 35.9 Å². The highest BCUT2D eigenvalue weighted by molar-refractivity contribution is 8.14. The molecule has 0 aromatic heterocycles. The average molecular weight is 440 g/mol. The third-order valence-corrected chi connectivity index (χ3v) is 4.90. The quantitative estimate of drug-likeness (QED) is 0.102. The molecule has 0 saturated carbocycles. The number of carbonyl (C=O) groups excluding carboxylic acids is 3. The molecule has 2 atom stereocenters. The fourth-order valence-corrected chi connectivity index (χ4v) is 3.14. The Hall–Kier alpha value is -3.12. The molecule has 2 amide bonds. The van der Waals surface area contributed by atoms with Crippen LogP contribution in [0.15, 0.2) is 35.5 Å². The number of carbonyl (C=O) groups is 4. The van der Waals surface area contributed by atoms with Crippen molar-refractivity contribution in [1.29, 1.82) is 0 Å². The summed E-state index contributed by atoms with van der Waals surface area (Å²) in [6.07, 6.45) is 0.0107. The number of carboxylic acid groups (broad SMARTS) is 2. The summed E-state index contributed by atoms with van der Waals surface area (Å²) in [5.41, 5.74) is 4.22. The Kier molecular flexibility index (Phi) is 10.9. The summed E-state index contributed by atoms with van der Waals surface area (Å²) in [5.74, 6) is -4.01. The van der Waals surface area contributed by atoms with Gasteiger partial charge in [0.25, 0.3) is 0 Å². The standard InChI is InChI=1S/C18H24N4O7S/c19-12(18(27)28)6-7-14(23)21-13(17(26)20-9-16(24)25)10-30-15(22-29)8-11-4-2-1-3-5-11/h1-5,12-13,29H,6-10,19H2,(H,20,26)(H,21,23)(H,24,25)(H,27,28). The molecule has 2 unspecified atom stereocenters. The largest absolute Gasteiger partial charge is 0.544 e. The Morgan fingerprint density at radius 1 is 1.20 bits per heavy atom. The van der Waals surface area contributed by atoms with Crippen molar-refractivity contribution in [2.75, 3.05) is 12.3 Å². The third kappa shape index (κ3) is 9.89. The van der Waals surface area contributed by atoms with E-state index in [1.807, 2.05) is 30.3 Å². The number of aliphatic carboxylic acids is 2. The number of hydrogen-bond acceptors (Lipinski definition) is 8. The van der Waals surface area contributed by atoms with Gasteiger partial charge in [0, 0.05) is 25.0 Å². The molecule has 0 aliphatic rings. The second-order valence-corrected chi connectivity index (χ2v) is 7.35. The van der Waals surface area contributed by atoms with E-state index in [1.165, 1.54) is 0 Å². The van der Waals surface area contributed by atoms with E-state index in [0.717, 1.165) is 17.3 Å². The van der Waals surface area contributed by atoms with Gasteiger partial charge in [-0.05, 0) is 5.56 Å². The Bertz CT molecular complexity index is 773. The number of rotatable bonds is 12. The lowest BCUT2D eigenvalue weighted by atomic mass is 10.1. The molecule has 12 heteroatoms. The number of hydrogen-bond donors (Lipinski definition) is 5. The van der Waals surface area contributed by atoms with Gasteiger partial charge >= 0.3 is 5.97 Å².